The van der Waals surface area contributed by atoms with E-state index in [9.17, 15) is 37.5 Å². The quantitative estimate of drug-likeness (QED) is 0.0554. The Morgan fingerprint density at radius 1 is 0.778 bits per heavy atom. The van der Waals surface area contributed by atoms with Crippen LogP contribution in [0.25, 0.3) is 0 Å². The van der Waals surface area contributed by atoms with Gasteiger partial charge in [0.15, 0.2) is 0 Å². The van der Waals surface area contributed by atoms with Gasteiger partial charge in [-0.2, -0.15) is 13.2 Å². The van der Waals surface area contributed by atoms with Crippen molar-refractivity contribution in [2.75, 3.05) is 25.6 Å². The summed E-state index contributed by atoms with van der Waals surface area (Å²) in [5.74, 6) is -1.88. The number of carbonyl (C=O) groups excluding carboxylic acids is 3. The SMILES string of the molecule is CCCCCCCOc1ccc(C(=O)Oc2ccc(CN(CCC(=O)O)C(=O)c3ccc(NC(=O)Cc4ccc(OC)cc4C(F)(F)F)cc3)cc2)cc1. The number of carboxylic acids is 1. The van der Waals surface area contributed by atoms with Crippen LogP contribution in [0.2, 0.25) is 0 Å². The van der Waals surface area contributed by atoms with Crippen LogP contribution in [0.3, 0.4) is 0 Å². The molecule has 0 unspecified atom stereocenters. The minimum atomic E-state index is -4.69. The number of amides is 2. The van der Waals surface area contributed by atoms with Crippen LogP contribution in [-0.2, 0) is 28.7 Å². The summed E-state index contributed by atoms with van der Waals surface area (Å²) in [6.45, 7) is 2.71. The van der Waals surface area contributed by atoms with E-state index < -0.39 is 41.9 Å². The molecule has 2 N–H and O–H groups in total. The lowest BCUT2D eigenvalue weighted by Gasteiger charge is -2.22. The molecule has 0 saturated heterocycles. The first-order valence-corrected chi connectivity index (χ1v) is 17.5. The zero-order chi connectivity index (χ0) is 39.1. The lowest BCUT2D eigenvalue weighted by Crippen LogP contribution is -2.32. The number of benzene rings is 4. The molecular formula is C41H43F3N2O8. The van der Waals surface area contributed by atoms with Gasteiger partial charge in [0.1, 0.15) is 17.2 Å². The van der Waals surface area contributed by atoms with Crippen LogP contribution in [0.1, 0.15) is 82.9 Å². The van der Waals surface area contributed by atoms with Crippen LogP contribution in [0.4, 0.5) is 18.9 Å². The molecule has 0 bridgehead atoms. The highest BCUT2D eigenvalue weighted by Gasteiger charge is 2.34. The molecule has 0 spiro atoms. The number of hydrogen-bond donors (Lipinski definition) is 2. The fourth-order valence-electron chi connectivity index (χ4n) is 5.47. The van der Waals surface area contributed by atoms with Crippen molar-refractivity contribution in [3.63, 3.8) is 0 Å². The number of ether oxygens (including phenoxy) is 3. The molecule has 0 atom stereocenters. The molecule has 2 amide bonds. The molecule has 4 aromatic rings. The van der Waals surface area contributed by atoms with Crippen LogP contribution < -0.4 is 19.5 Å². The number of rotatable bonds is 19. The number of anilines is 1. The average Bonchev–Trinajstić information content (AvgIpc) is 3.15. The summed E-state index contributed by atoms with van der Waals surface area (Å²) in [6.07, 6.45) is 0.0962. The van der Waals surface area contributed by atoms with Gasteiger partial charge >= 0.3 is 18.1 Å². The van der Waals surface area contributed by atoms with Gasteiger partial charge in [-0.3, -0.25) is 14.4 Å². The highest BCUT2D eigenvalue weighted by Crippen LogP contribution is 2.35. The average molecular weight is 749 g/mol. The van der Waals surface area contributed by atoms with Gasteiger partial charge < -0.3 is 29.5 Å². The van der Waals surface area contributed by atoms with E-state index in [0.29, 0.717) is 23.5 Å². The minimum absolute atomic E-state index is 0.00828. The third kappa shape index (κ3) is 12.7. The van der Waals surface area contributed by atoms with Crippen LogP contribution in [0, 0.1) is 0 Å². The first-order valence-electron chi connectivity index (χ1n) is 17.5. The molecular weight excluding hydrogens is 705 g/mol. The van der Waals surface area contributed by atoms with Gasteiger partial charge in [0, 0.05) is 24.3 Å². The summed E-state index contributed by atoms with van der Waals surface area (Å²) in [6, 6.07) is 22.2. The Labute approximate surface area is 311 Å². The van der Waals surface area contributed by atoms with Gasteiger partial charge in [-0.25, -0.2) is 4.79 Å². The van der Waals surface area contributed by atoms with Gasteiger partial charge in [-0.1, -0.05) is 50.8 Å². The van der Waals surface area contributed by atoms with Crippen molar-refractivity contribution >= 4 is 29.4 Å². The zero-order valence-corrected chi connectivity index (χ0v) is 30.1. The van der Waals surface area contributed by atoms with E-state index in [4.69, 9.17) is 14.2 Å². The molecule has 10 nitrogen and oxygen atoms in total. The van der Waals surface area contributed by atoms with E-state index in [2.05, 4.69) is 12.2 Å². The number of nitrogens with one attached hydrogen (secondary N) is 1. The fraction of sp³-hybridized carbons (Fsp3) is 0.317. The van der Waals surface area contributed by atoms with Gasteiger partial charge in [0.2, 0.25) is 5.91 Å². The van der Waals surface area contributed by atoms with E-state index in [1.807, 2.05) is 0 Å². The number of unbranched alkanes of at least 4 members (excludes halogenated alkanes) is 4. The van der Waals surface area contributed by atoms with Crippen molar-refractivity contribution < 1.29 is 51.7 Å². The maximum Gasteiger partial charge on any atom is 0.416 e. The number of nitrogens with zero attached hydrogens (tertiary/aromatic N) is 1. The second-order valence-corrected chi connectivity index (χ2v) is 12.5. The summed E-state index contributed by atoms with van der Waals surface area (Å²) in [4.78, 5) is 51.6. The zero-order valence-electron chi connectivity index (χ0n) is 30.1. The third-order valence-electron chi connectivity index (χ3n) is 8.39. The van der Waals surface area contributed by atoms with E-state index in [-0.39, 0.29) is 47.8 Å². The van der Waals surface area contributed by atoms with E-state index >= 15 is 0 Å². The second kappa shape index (κ2) is 19.8. The Hall–Kier alpha value is -5.85. The molecule has 0 heterocycles. The number of halogens is 3. The van der Waals surface area contributed by atoms with Crippen molar-refractivity contribution in [1.29, 1.82) is 0 Å². The predicted molar refractivity (Wildman–Crippen MR) is 196 cm³/mol. The molecule has 0 fully saturated rings. The molecule has 0 saturated carbocycles. The standard InChI is InChI=1S/C41H43F3N2O8/c1-3-4-5-6-7-24-53-33-19-12-30(13-20-33)40(51)54-34-17-8-28(9-18-34)27-46(23-22-38(48)49)39(50)29-10-15-32(16-11-29)45-37(47)25-31-14-21-35(52-2)26-36(31)41(42,43)44/h8-21,26H,3-7,22-25,27H2,1-2H3,(H,45,47)(H,48,49). The van der Waals surface area contributed by atoms with Gasteiger partial charge in [-0.05, 0) is 90.3 Å². The van der Waals surface area contributed by atoms with Crippen molar-refractivity contribution in [2.45, 2.75) is 64.6 Å². The molecule has 0 aliphatic carbocycles. The van der Waals surface area contributed by atoms with Crippen LogP contribution in [0.5, 0.6) is 17.2 Å². The number of carboxylic acid groups (broad SMARTS) is 1. The van der Waals surface area contributed by atoms with Gasteiger partial charge in [0.25, 0.3) is 5.91 Å². The molecule has 54 heavy (non-hydrogen) atoms. The number of hydrogen-bond acceptors (Lipinski definition) is 7. The lowest BCUT2D eigenvalue weighted by molar-refractivity contribution is -0.139. The number of carbonyl (C=O) groups is 4. The van der Waals surface area contributed by atoms with E-state index in [1.165, 1.54) is 67.7 Å². The van der Waals surface area contributed by atoms with Crippen LogP contribution in [-0.4, -0.2) is 54.0 Å². The van der Waals surface area contributed by atoms with E-state index in [0.717, 1.165) is 18.9 Å². The number of aliphatic carboxylic acids is 1. The summed E-state index contributed by atoms with van der Waals surface area (Å²) in [7, 11) is 1.24. The maximum absolute atomic E-state index is 13.6. The summed E-state index contributed by atoms with van der Waals surface area (Å²) in [5, 5.41) is 11.8. The Kier molecular flexibility index (Phi) is 15.0. The number of alkyl halides is 3. The van der Waals surface area contributed by atoms with Crippen molar-refractivity contribution in [3.05, 3.63) is 119 Å². The molecule has 0 aliphatic rings. The Morgan fingerprint density at radius 2 is 1.41 bits per heavy atom. The third-order valence-corrected chi connectivity index (χ3v) is 8.39. The minimum Gasteiger partial charge on any atom is -0.497 e. The summed E-state index contributed by atoms with van der Waals surface area (Å²) in [5.41, 5.74) is 0.223. The molecule has 0 aliphatic heterocycles. The van der Waals surface area contributed by atoms with Gasteiger partial charge in [0.05, 0.1) is 37.7 Å². The molecule has 4 rings (SSSR count). The molecule has 0 aromatic heterocycles. The van der Waals surface area contributed by atoms with Crippen molar-refractivity contribution in [1.82, 2.24) is 4.90 Å². The topological polar surface area (TPSA) is 131 Å². The Bertz CT molecular complexity index is 1860. The van der Waals surface area contributed by atoms with Crippen LogP contribution in [0.15, 0.2) is 91.0 Å². The summed E-state index contributed by atoms with van der Waals surface area (Å²) >= 11 is 0. The first kappa shape index (κ1) is 40.9. The lowest BCUT2D eigenvalue weighted by atomic mass is 10.0. The highest BCUT2D eigenvalue weighted by atomic mass is 19.4. The molecule has 0 radical (unpaired) electrons. The Morgan fingerprint density at radius 3 is 2.04 bits per heavy atom. The predicted octanol–water partition coefficient (Wildman–Crippen LogP) is 8.58. The second-order valence-electron chi connectivity index (χ2n) is 12.5. The molecule has 4 aromatic carbocycles. The smallest absolute Gasteiger partial charge is 0.416 e. The van der Waals surface area contributed by atoms with Gasteiger partial charge in [-0.15, -0.1) is 0 Å². The largest absolute Gasteiger partial charge is 0.497 e. The van der Waals surface area contributed by atoms with Crippen LogP contribution >= 0.6 is 0 Å². The van der Waals surface area contributed by atoms with E-state index in [1.54, 1.807) is 48.5 Å². The Balaban J connectivity index is 1.34. The normalized spacial score (nSPS) is 11.1. The summed E-state index contributed by atoms with van der Waals surface area (Å²) < 4.78 is 56.9. The molecule has 286 valence electrons. The number of methoxy groups -OCH3 is 1. The van der Waals surface area contributed by atoms with Crippen molar-refractivity contribution in [3.8, 4) is 17.2 Å². The number of esters is 1. The monoisotopic (exact) mass is 748 g/mol. The fourth-order valence-corrected chi connectivity index (χ4v) is 5.47. The molecule has 13 heteroatoms. The first-order chi connectivity index (χ1) is 25.9. The van der Waals surface area contributed by atoms with Crippen molar-refractivity contribution in [2.24, 2.45) is 0 Å². The highest BCUT2D eigenvalue weighted by molar-refractivity contribution is 5.96. The maximum atomic E-state index is 13.6.